The van der Waals surface area contributed by atoms with Crippen LogP contribution in [0.5, 0.6) is 0 Å². The van der Waals surface area contributed by atoms with Crippen LogP contribution in [-0.4, -0.2) is 19.8 Å². The highest BCUT2D eigenvalue weighted by Crippen LogP contribution is 2.41. The quantitative estimate of drug-likeness (QED) is 0.879. The van der Waals surface area contributed by atoms with Gasteiger partial charge in [-0.1, -0.05) is 0 Å². The first-order chi connectivity index (χ1) is 6.68. The predicted octanol–water partition coefficient (Wildman–Crippen LogP) is 1.49. The molecule has 0 spiro atoms. The first-order valence-electron chi connectivity index (χ1n) is 4.46. The summed E-state index contributed by atoms with van der Waals surface area (Å²) in [6, 6.07) is 4.07. The number of halogens is 1. The summed E-state index contributed by atoms with van der Waals surface area (Å²) in [5, 5.41) is 0. The molecule has 0 bridgehead atoms. The molecule has 3 nitrogen and oxygen atoms in total. The van der Waals surface area contributed by atoms with Crippen molar-refractivity contribution in [2.45, 2.75) is 6.04 Å². The SMILES string of the molecule is NCC1(C(N)c2ccc(Br)s2)COC1. The van der Waals surface area contributed by atoms with Crippen LogP contribution in [0, 0.1) is 5.41 Å². The Hall–Kier alpha value is 0.0600. The van der Waals surface area contributed by atoms with Gasteiger partial charge in [0.1, 0.15) is 0 Å². The summed E-state index contributed by atoms with van der Waals surface area (Å²) in [7, 11) is 0. The molecular formula is C9H13BrN2OS. The van der Waals surface area contributed by atoms with Gasteiger partial charge in [-0.3, -0.25) is 0 Å². The molecule has 0 saturated carbocycles. The van der Waals surface area contributed by atoms with Gasteiger partial charge in [0.2, 0.25) is 0 Å². The van der Waals surface area contributed by atoms with E-state index >= 15 is 0 Å². The van der Waals surface area contributed by atoms with Gasteiger partial charge >= 0.3 is 0 Å². The molecule has 1 saturated heterocycles. The van der Waals surface area contributed by atoms with Crippen molar-refractivity contribution in [2.75, 3.05) is 19.8 Å². The summed E-state index contributed by atoms with van der Waals surface area (Å²) >= 11 is 5.10. The van der Waals surface area contributed by atoms with Crippen molar-refractivity contribution in [1.82, 2.24) is 0 Å². The van der Waals surface area contributed by atoms with Gasteiger partial charge < -0.3 is 16.2 Å². The van der Waals surface area contributed by atoms with E-state index in [-0.39, 0.29) is 11.5 Å². The molecule has 78 valence electrons. The van der Waals surface area contributed by atoms with Gasteiger partial charge in [-0.2, -0.15) is 0 Å². The van der Waals surface area contributed by atoms with Crippen LogP contribution in [-0.2, 0) is 4.74 Å². The molecule has 2 rings (SSSR count). The highest BCUT2D eigenvalue weighted by atomic mass is 79.9. The molecule has 4 N–H and O–H groups in total. The smallest absolute Gasteiger partial charge is 0.0701 e. The second-order valence-electron chi connectivity index (χ2n) is 3.68. The van der Waals surface area contributed by atoms with E-state index in [1.807, 2.05) is 6.07 Å². The minimum absolute atomic E-state index is 0.00227. The molecule has 5 heteroatoms. The van der Waals surface area contributed by atoms with E-state index in [1.165, 1.54) is 4.88 Å². The normalized spacial score (nSPS) is 21.6. The first kappa shape index (κ1) is 10.6. The van der Waals surface area contributed by atoms with E-state index in [1.54, 1.807) is 11.3 Å². The molecule has 0 aromatic carbocycles. The fraction of sp³-hybridized carbons (Fsp3) is 0.556. The monoisotopic (exact) mass is 276 g/mol. The summed E-state index contributed by atoms with van der Waals surface area (Å²) in [6.07, 6.45) is 0. The molecule has 0 radical (unpaired) electrons. The zero-order valence-corrected chi connectivity index (χ0v) is 10.1. The molecule has 1 aromatic rings. The number of hydrogen-bond acceptors (Lipinski definition) is 4. The Morgan fingerprint density at radius 2 is 2.29 bits per heavy atom. The lowest BCUT2D eigenvalue weighted by molar-refractivity contribution is -0.120. The van der Waals surface area contributed by atoms with E-state index < -0.39 is 0 Å². The summed E-state index contributed by atoms with van der Waals surface area (Å²) in [4.78, 5) is 1.17. The lowest BCUT2D eigenvalue weighted by atomic mass is 9.78. The largest absolute Gasteiger partial charge is 0.380 e. The van der Waals surface area contributed by atoms with E-state index in [9.17, 15) is 0 Å². The maximum absolute atomic E-state index is 6.19. The van der Waals surface area contributed by atoms with Crippen LogP contribution in [0.3, 0.4) is 0 Å². The summed E-state index contributed by atoms with van der Waals surface area (Å²) in [5.74, 6) is 0. The lowest BCUT2D eigenvalue weighted by Gasteiger charge is -2.44. The summed E-state index contributed by atoms with van der Waals surface area (Å²) < 4.78 is 6.32. The standard InChI is InChI=1S/C9H13BrN2OS/c10-7-2-1-6(14-7)8(12)9(3-11)4-13-5-9/h1-2,8H,3-5,11-12H2. The van der Waals surface area contributed by atoms with Crippen LogP contribution < -0.4 is 11.5 Å². The minimum Gasteiger partial charge on any atom is -0.380 e. The lowest BCUT2D eigenvalue weighted by Crippen LogP contribution is -2.54. The van der Waals surface area contributed by atoms with Gasteiger partial charge in [-0.25, -0.2) is 0 Å². The number of rotatable bonds is 3. The predicted molar refractivity (Wildman–Crippen MR) is 61.3 cm³/mol. The fourth-order valence-corrected chi connectivity index (χ4v) is 3.15. The maximum Gasteiger partial charge on any atom is 0.0701 e. The van der Waals surface area contributed by atoms with Gasteiger partial charge in [0, 0.05) is 16.8 Å². The van der Waals surface area contributed by atoms with Crippen molar-refractivity contribution in [3.63, 3.8) is 0 Å². The van der Waals surface area contributed by atoms with Gasteiger partial charge in [0.05, 0.1) is 23.0 Å². The van der Waals surface area contributed by atoms with Crippen LogP contribution in [0.15, 0.2) is 15.9 Å². The third kappa shape index (κ3) is 1.63. The molecular weight excluding hydrogens is 264 g/mol. The van der Waals surface area contributed by atoms with Gasteiger partial charge in [0.25, 0.3) is 0 Å². The first-order valence-corrected chi connectivity index (χ1v) is 6.07. The van der Waals surface area contributed by atoms with Crippen molar-refractivity contribution in [3.8, 4) is 0 Å². The number of ether oxygens (including phenoxy) is 1. The Bertz CT molecular complexity index is 319. The van der Waals surface area contributed by atoms with E-state index in [0.717, 1.165) is 3.79 Å². The average Bonchev–Trinajstić information content (AvgIpc) is 2.50. The van der Waals surface area contributed by atoms with Crippen LogP contribution in [0.4, 0.5) is 0 Å². The zero-order chi connectivity index (χ0) is 10.2. The van der Waals surface area contributed by atoms with Gasteiger partial charge in [0.15, 0.2) is 0 Å². The molecule has 1 atom stereocenters. The molecule has 1 aliphatic heterocycles. The van der Waals surface area contributed by atoms with Crippen molar-refractivity contribution in [2.24, 2.45) is 16.9 Å². The number of hydrogen-bond donors (Lipinski definition) is 2. The van der Waals surface area contributed by atoms with Crippen molar-refractivity contribution < 1.29 is 4.74 Å². The van der Waals surface area contributed by atoms with Crippen LogP contribution in [0.2, 0.25) is 0 Å². The van der Waals surface area contributed by atoms with Gasteiger partial charge in [-0.15, -0.1) is 11.3 Å². The Morgan fingerprint density at radius 3 is 2.64 bits per heavy atom. The molecule has 0 amide bonds. The molecule has 1 fully saturated rings. The highest BCUT2D eigenvalue weighted by molar-refractivity contribution is 9.11. The molecule has 0 aliphatic carbocycles. The Balaban J connectivity index is 2.18. The van der Waals surface area contributed by atoms with Crippen molar-refractivity contribution in [1.29, 1.82) is 0 Å². The zero-order valence-electron chi connectivity index (χ0n) is 7.70. The van der Waals surface area contributed by atoms with E-state index in [2.05, 4.69) is 22.0 Å². The maximum atomic E-state index is 6.19. The topological polar surface area (TPSA) is 61.3 Å². The second kappa shape index (κ2) is 3.90. The third-order valence-corrected chi connectivity index (χ3v) is 4.45. The summed E-state index contributed by atoms with van der Waals surface area (Å²) in [5.41, 5.74) is 11.9. The average molecular weight is 277 g/mol. The van der Waals surface area contributed by atoms with Crippen LogP contribution >= 0.6 is 27.3 Å². The summed E-state index contributed by atoms with van der Waals surface area (Å²) in [6.45, 7) is 1.95. The van der Waals surface area contributed by atoms with E-state index in [4.69, 9.17) is 16.2 Å². The molecule has 14 heavy (non-hydrogen) atoms. The van der Waals surface area contributed by atoms with E-state index in [0.29, 0.717) is 19.8 Å². The number of thiophene rings is 1. The molecule has 2 heterocycles. The molecule has 1 aromatic heterocycles. The Labute approximate surface area is 95.6 Å². The Morgan fingerprint density at radius 1 is 1.57 bits per heavy atom. The van der Waals surface area contributed by atoms with Crippen molar-refractivity contribution >= 4 is 27.3 Å². The van der Waals surface area contributed by atoms with Crippen LogP contribution in [0.1, 0.15) is 10.9 Å². The Kier molecular flexibility index (Phi) is 2.95. The highest BCUT2D eigenvalue weighted by Gasteiger charge is 2.44. The molecule has 1 aliphatic rings. The van der Waals surface area contributed by atoms with Crippen LogP contribution in [0.25, 0.3) is 0 Å². The molecule has 1 unspecified atom stereocenters. The fourth-order valence-electron chi connectivity index (χ4n) is 1.59. The third-order valence-electron chi connectivity index (χ3n) is 2.75. The van der Waals surface area contributed by atoms with Crippen molar-refractivity contribution in [3.05, 3.63) is 20.8 Å². The second-order valence-corrected chi connectivity index (χ2v) is 6.17. The number of nitrogens with two attached hydrogens (primary N) is 2. The van der Waals surface area contributed by atoms with Gasteiger partial charge in [-0.05, 0) is 28.1 Å². The minimum atomic E-state index is -0.0374.